The summed E-state index contributed by atoms with van der Waals surface area (Å²) in [5.41, 5.74) is -0.361. The van der Waals surface area contributed by atoms with Crippen LogP contribution < -0.4 is 26.6 Å². The maximum absolute atomic E-state index is 15.3. The molecule has 12 amide bonds. The number of halogens is 1. The molecular formula is C72H121ClN12O14. The van der Waals surface area contributed by atoms with Crippen molar-refractivity contribution < 1.29 is 67.4 Å². The van der Waals surface area contributed by atoms with Gasteiger partial charge >= 0.3 is 0 Å². The van der Waals surface area contributed by atoms with Crippen LogP contribution in [0.5, 0.6) is 0 Å². The molecule has 2 fully saturated rings. The Labute approximate surface area is 594 Å². The largest absolute Gasteiger partial charge is 0.391 e. The van der Waals surface area contributed by atoms with Crippen LogP contribution in [0.15, 0.2) is 24.3 Å². The van der Waals surface area contributed by atoms with E-state index in [1.807, 2.05) is 55.4 Å². The molecule has 0 aromatic heterocycles. The lowest BCUT2D eigenvalue weighted by molar-refractivity contribution is -0.153. The van der Waals surface area contributed by atoms with Gasteiger partial charge in [0.1, 0.15) is 66.5 Å². The zero-order chi connectivity index (χ0) is 75.6. The summed E-state index contributed by atoms with van der Waals surface area (Å²) in [6.45, 7) is 29.7. The summed E-state index contributed by atoms with van der Waals surface area (Å²) in [5, 5.41) is 25.7. The Bertz CT molecular complexity index is 2950. The van der Waals surface area contributed by atoms with Crippen LogP contribution in [-0.2, 0) is 68.7 Å². The van der Waals surface area contributed by atoms with Gasteiger partial charge in [0.2, 0.25) is 70.9 Å². The molecule has 99 heavy (non-hydrogen) atoms. The molecule has 0 spiro atoms. The van der Waals surface area contributed by atoms with Gasteiger partial charge in [-0.05, 0) is 133 Å². The SMILES string of the molecule is CC(C)C[C@@H]1NC(=O)[C@H](C(C)C)N(C)C(=O)[C@@H](C(C)C)NC(=O)C[C@@H](C(=O)N2CCCCC2)NC(=O)[C@H](CC(C)C)N(C)C(=O)[C@H](CC(C)C)N(C)C(=O)[C@H](C)N(C)C(=O)[C@H]([C@@H](C)O)NC(=O)[C@H](CC(C)C)N(C)C(=O)[C@H](COC(C)(C)C)NC(=O)[C@H](Cc2cccc(Cl)c2)N(C)C1=O. The molecule has 0 radical (unpaired) electrons. The number of aliphatic hydroxyl groups excluding tert-OH is 1. The number of nitrogens with zero attached hydrogens (tertiary/aromatic N) is 7. The van der Waals surface area contributed by atoms with E-state index in [1.165, 1.54) is 75.7 Å². The number of carbonyl (C=O) groups excluding carboxylic acids is 12. The summed E-state index contributed by atoms with van der Waals surface area (Å²) in [5.74, 6) is -11.1. The van der Waals surface area contributed by atoms with Crippen LogP contribution >= 0.6 is 11.6 Å². The van der Waals surface area contributed by atoms with E-state index in [2.05, 4.69) is 26.6 Å². The highest BCUT2D eigenvalue weighted by Gasteiger charge is 2.45. The van der Waals surface area contributed by atoms with E-state index in [0.29, 0.717) is 36.5 Å². The number of amides is 12. The van der Waals surface area contributed by atoms with Gasteiger partial charge in [0, 0.05) is 66.8 Å². The Hall–Kier alpha value is -6.93. The second kappa shape index (κ2) is 38.8. The molecule has 0 bridgehead atoms. The topological polar surface area (TPSA) is 317 Å². The summed E-state index contributed by atoms with van der Waals surface area (Å²) in [6, 6.07) is -8.50. The first-order chi connectivity index (χ1) is 45.8. The highest BCUT2D eigenvalue weighted by Crippen LogP contribution is 2.25. The molecule has 2 aliphatic heterocycles. The van der Waals surface area contributed by atoms with Gasteiger partial charge in [0.25, 0.3) is 0 Å². The van der Waals surface area contributed by atoms with Crippen molar-refractivity contribution in [3.63, 3.8) is 0 Å². The molecule has 1 aromatic carbocycles. The van der Waals surface area contributed by atoms with E-state index in [1.54, 1.807) is 77.6 Å². The molecule has 27 heteroatoms. The van der Waals surface area contributed by atoms with E-state index in [9.17, 15) is 38.7 Å². The molecule has 12 atom stereocenters. The van der Waals surface area contributed by atoms with Crippen LogP contribution in [0.1, 0.15) is 175 Å². The number of piperidine rings is 1. The van der Waals surface area contributed by atoms with Gasteiger partial charge in [-0.1, -0.05) is 107 Å². The Morgan fingerprint density at radius 1 is 0.525 bits per heavy atom. The molecule has 0 aliphatic carbocycles. The summed E-state index contributed by atoms with van der Waals surface area (Å²) in [4.78, 5) is 188. The molecule has 560 valence electrons. The first kappa shape index (κ1) is 86.3. The van der Waals surface area contributed by atoms with Crippen molar-refractivity contribution in [3.8, 4) is 0 Å². The quantitative estimate of drug-likeness (QED) is 0.134. The predicted octanol–water partition coefficient (Wildman–Crippen LogP) is 4.40. The normalized spacial score (nSPS) is 26.2. The lowest BCUT2D eigenvalue weighted by Crippen LogP contribution is -2.63. The van der Waals surface area contributed by atoms with Gasteiger partial charge < -0.3 is 70.7 Å². The molecule has 2 aliphatic rings. The standard InChI is InChI=1S/C72H121ClN12O14/c1-40(2)32-50-66(93)81(20)55(37-48-28-27-29-49(73)36-48)62(89)76-52(39-99-72(15,16)17)67(94)80(19)54(34-42(5)6)63(90)78-59(47(14)86)71(98)79(18)46(13)65(92)83(22)56(35-43(7)8)69(96)82(21)53(33-41(3)4)61(88)74-51(68(95)85-30-25-24-26-31-85)38-57(87)77-58(44(9)10)70(97)84(23)60(45(11)12)64(91)75-50/h27-29,36,40-47,50-56,58-60,86H,24-26,30-35,37-39H2,1-23H3,(H,74,88)(H,75,91)(H,76,89)(H,77,87)(H,78,90)/t46-,47+,50-,51-,52-,53-,54-,55-,56-,58+,59-,60-/m0/s1. The third-order valence-corrected chi connectivity index (χ3v) is 18.6. The van der Waals surface area contributed by atoms with Gasteiger partial charge in [-0.25, -0.2) is 0 Å². The zero-order valence-electron chi connectivity index (χ0n) is 63.4. The van der Waals surface area contributed by atoms with Crippen LogP contribution in [0.3, 0.4) is 0 Å². The maximum atomic E-state index is 15.3. The number of nitrogens with one attached hydrogen (secondary N) is 5. The average Bonchev–Trinajstić information content (AvgIpc) is 0.821. The van der Waals surface area contributed by atoms with E-state index in [4.69, 9.17) is 16.3 Å². The van der Waals surface area contributed by atoms with Gasteiger partial charge in [-0.3, -0.25) is 57.5 Å². The number of carbonyl (C=O) groups is 12. The molecule has 1 aromatic rings. The van der Waals surface area contributed by atoms with Crippen LogP contribution in [0.4, 0.5) is 0 Å². The number of hydrogen-bond acceptors (Lipinski definition) is 14. The van der Waals surface area contributed by atoms with Gasteiger partial charge in [-0.2, -0.15) is 0 Å². The van der Waals surface area contributed by atoms with Crippen molar-refractivity contribution in [2.45, 2.75) is 254 Å². The molecule has 0 unspecified atom stereocenters. The molecule has 0 saturated carbocycles. The summed E-state index contributed by atoms with van der Waals surface area (Å²) < 4.78 is 6.18. The van der Waals surface area contributed by atoms with Crippen molar-refractivity contribution in [1.82, 2.24) is 60.9 Å². The Morgan fingerprint density at radius 3 is 1.48 bits per heavy atom. The molecule has 6 N–H and O–H groups in total. The third kappa shape index (κ3) is 25.3. The van der Waals surface area contributed by atoms with E-state index in [-0.39, 0.29) is 55.8 Å². The Kier molecular flexibility index (Phi) is 33.8. The number of likely N-dealkylation sites (tertiary alicyclic amines) is 1. The summed E-state index contributed by atoms with van der Waals surface area (Å²) >= 11 is 6.50. The first-order valence-corrected chi connectivity index (χ1v) is 35.7. The monoisotopic (exact) mass is 1410 g/mol. The van der Waals surface area contributed by atoms with Crippen molar-refractivity contribution in [2.75, 3.05) is 62.0 Å². The number of aliphatic hydroxyl groups is 1. The van der Waals surface area contributed by atoms with Crippen LogP contribution in [0.2, 0.25) is 5.02 Å². The van der Waals surface area contributed by atoms with Crippen molar-refractivity contribution in [3.05, 3.63) is 34.9 Å². The van der Waals surface area contributed by atoms with Crippen molar-refractivity contribution in [2.24, 2.45) is 35.5 Å². The fourth-order valence-corrected chi connectivity index (χ4v) is 12.7. The lowest BCUT2D eigenvalue weighted by atomic mass is 9.96. The third-order valence-electron chi connectivity index (χ3n) is 18.4. The molecule has 2 saturated heterocycles. The van der Waals surface area contributed by atoms with E-state index >= 15 is 24.0 Å². The van der Waals surface area contributed by atoms with Gasteiger partial charge in [-0.15, -0.1) is 0 Å². The number of hydrogen-bond donors (Lipinski definition) is 6. The zero-order valence-corrected chi connectivity index (χ0v) is 64.2. The first-order valence-electron chi connectivity index (χ1n) is 35.3. The predicted molar refractivity (Wildman–Crippen MR) is 380 cm³/mol. The Morgan fingerprint density at radius 2 is 0.990 bits per heavy atom. The van der Waals surface area contributed by atoms with Crippen LogP contribution in [0.25, 0.3) is 0 Å². The molecule has 3 rings (SSSR count). The minimum Gasteiger partial charge on any atom is -0.391 e. The number of likely N-dealkylation sites (N-methyl/N-ethyl adjacent to an activating group) is 6. The molecule has 26 nitrogen and oxygen atoms in total. The number of benzene rings is 1. The molecular weight excluding hydrogens is 1290 g/mol. The fraction of sp³-hybridized carbons (Fsp3) is 0.750. The number of rotatable bonds is 16. The van der Waals surface area contributed by atoms with Crippen molar-refractivity contribution >= 4 is 82.5 Å². The van der Waals surface area contributed by atoms with Gasteiger partial charge in [0.15, 0.2) is 0 Å². The second-order valence-electron chi connectivity index (χ2n) is 30.7. The minimum absolute atomic E-state index is 0.00982. The Balaban J connectivity index is 2.42. The van der Waals surface area contributed by atoms with E-state index < -0.39 is 174 Å². The molecule has 2 heterocycles. The van der Waals surface area contributed by atoms with Crippen LogP contribution in [0, 0.1) is 35.5 Å². The highest BCUT2D eigenvalue weighted by atomic mass is 35.5. The lowest BCUT2D eigenvalue weighted by Gasteiger charge is -2.39. The van der Waals surface area contributed by atoms with Crippen LogP contribution in [-0.4, -0.2) is 250 Å². The fourth-order valence-electron chi connectivity index (χ4n) is 12.5. The smallest absolute Gasteiger partial charge is 0.248 e. The summed E-state index contributed by atoms with van der Waals surface area (Å²) in [6.07, 6.45) is 0.0951. The minimum atomic E-state index is -1.70. The number of ether oxygens (including phenoxy) is 1. The average molecular weight is 1410 g/mol. The summed E-state index contributed by atoms with van der Waals surface area (Å²) in [7, 11) is 8.29. The maximum Gasteiger partial charge on any atom is 0.248 e. The second-order valence-corrected chi connectivity index (χ2v) is 31.1. The van der Waals surface area contributed by atoms with Gasteiger partial charge in [0.05, 0.1) is 24.7 Å². The van der Waals surface area contributed by atoms with Crippen molar-refractivity contribution in [1.29, 1.82) is 0 Å². The highest BCUT2D eigenvalue weighted by molar-refractivity contribution is 6.30. The van der Waals surface area contributed by atoms with E-state index in [0.717, 1.165) is 16.2 Å².